The molecule has 1 aromatic carbocycles. The van der Waals surface area contributed by atoms with Crippen LogP contribution in [0.5, 0.6) is 0 Å². The maximum Gasteiger partial charge on any atom is 0.192 e. The predicted molar refractivity (Wildman–Crippen MR) is 76.3 cm³/mol. The molecule has 19 heavy (non-hydrogen) atoms. The smallest absolute Gasteiger partial charge is 0.192 e. The second kappa shape index (κ2) is 5.41. The van der Waals surface area contributed by atoms with Gasteiger partial charge in [0.25, 0.3) is 0 Å². The minimum Gasteiger partial charge on any atom is -0.227 e. The average Bonchev–Trinajstić information content (AvgIpc) is 2.38. The van der Waals surface area contributed by atoms with Crippen LogP contribution >= 0.6 is 11.8 Å². The van der Waals surface area contributed by atoms with E-state index in [0.29, 0.717) is 10.7 Å². The normalized spacial score (nSPS) is 10.3. The first-order valence-corrected chi connectivity index (χ1v) is 6.83. The standard InChI is InChI=1S/C15H15N3S/c1-9-5-6-14(13(7-9)8-16)19-15-17-11(3)10(2)12(4)18-15/h5-7H,1-4H3. The molecule has 0 fully saturated rings. The molecule has 96 valence electrons. The van der Waals surface area contributed by atoms with Crippen molar-refractivity contribution in [1.29, 1.82) is 5.26 Å². The van der Waals surface area contributed by atoms with Crippen LogP contribution in [0.25, 0.3) is 0 Å². The fourth-order valence-electron chi connectivity index (χ4n) is 1.71. The molecular formula is C15H15N3S. The molecule has 0 saturated heterocycles. The van der Waals surface area contributed by atoms with E-state index in [1.807, 2.05) is 45.9 Å². The van der Waals surface area contributed by atoms with Gasteiger partial charge in [0.1, 0.15) is 6.07 Å². The van der Waals surface area contributed by atoms with Crippen molar-refractivity contribution in [1.82, 2.24) is 9.97 Å². The van der Waals surface area contributed by atoms with E-state index in [9.17, 15) is 5.26 Å². The van der Waals surface area contributed by atoms with Gasteiger partial charge in [0.15, 0.2) is 5.16 Å². The molecule has 2 aromatic rings. The molecule has 0 spiro atoms. The minimum absolute atomic E-state index is 0.671. The summed E-state index contributed by atoms with van der Waals surface area (Å²) in [5.74, 6) is 0. The van der Waals surface area contributed by atoms with Crippen molar-refractivity contribution in [2.45, 2.75) is 37.7 Å². The number of rotatable bonds is 2. The summed E-state index contributed by atoms with van der Waals surface area (Å²) in [7, 11) is 0. The average molecular weight is 269 g/mol. The summed E-state index contributed by atoms with van der Waals surface area (Å²) in [4.78, 5) is 9.84. The fraction of sp³-hybridized carbons (Fsp3) is 0.267. The molecule has 1 heterocycles. The van der Waals surface area contributed by atoms with Gasteiger partial charge in [-0.2, -0.15) is 5.26 Å². The van der Waals surface area contributed by atoms with Crippen LogP contribution in [0.3, 0.4) is 0 Å². The molecule has 4 heteroatoms. The summed E-state index contributed by atoms with van der Waals surface area (Å²) < 4.78 is 0. The zero-order valence-electron chi connectivity index (χ0n) is 11.5. The molecule has 0 saturated carbocycles. The van der Waals surface area contributed by atoms with Gasteiger partial charge in [-0.25, -0.2) is 9.97 Å². The summed E-state index contributed by atoms with van der Waals surface area (Å²) in [5, 5.41) is 9.87. The van der Waals surface area contributed by atoms with Crippen LogP contribution in [0.1, 0.15) is 28.1 Å². The molecule has 0 radical (unpaired) electrons. The van der Waals surface area contributed by atoms with Gasteiger partial charge in [-0.3, -0.25) is 0 Å². The summed E-state index contributed by atoms with van der Waals surface area (Å²) >= 11 is 1.44. The summed E-state index contributed by atoms with van der Waals surface area (Å²) in [6.07, 6.45) is 0. The number of benzene rings is 1. The zero-order valence-corrected chi connectivity index (χ0v) is 12.3. The Morgan fingerprint density at radius 3 is 2.26 bits per heavy atom. The van der Waals surface area contributed by atoms with Crippen LogP contribution in [0, 0.1) is 39.0 Å². The second-order valence-electron chi connectivity index (χ2n) is 4.52. The first-order valence-electron chi connectivity index (χ1n) is 6.01. The Morgan fingerprint density at radius 1 is 1.05 bits per heavy atom. The SMILES string of the molecule is Cc1ccc(Sc2nc(C)c(C)c(C)n2)c(C#N)c1. The van der Waals surface area contributed by atoms with Crippen molar-refractivity contribution in [3.8, 4) is 6.07 Å². The van der Waals surface area contributed by atoms with Crippen LogP contribution in [-0.2, 0) is 0 Å². The first-order chi connectivity index (χ1) is 9.01. The summed E-state index contributed by atoms with van der Waals surface area (Å²) in [6.45, 7) is 7.96. The van der Waals surface area contributed by atoms with Crippen molar-refractivity contribution >= 4 is 11.8 Å². The van der Waals surface area contributed by atoms with Crippen LogP contribution in [-0.4, -0.2) is 9.97 Å². The van der Waals surface area contributed by atoms with Crippen LogP contribution < -0.4 is 0 Å². The lowest BCUT2D eigenvalue weighted by molar-refractivity contribution is 0.881. The van der Waals surface area contributed by atoms with Gasteiger partial charge >= 0.3 is 0 Å². The minimum atomic E-state index is 0.671. The van der Waals surface area contributed by atoms with Crippen LogP contribution in [0.4, 0.5) is 0 Å². The van der Waals surface area contributed by atoms with E-state index < -0.39 is 0 Å². The number of aryl methyl sites for hydroxylation is 3. The number of nitriles is 1. The summed E-state index contributed by atoms with van der Waals surface area (Å²) in [6, 6.07) is 8.05. The Hall–Kier alpha value is -1.86. The number of nitrogens with zero attached hydrogens (tertiary/aromatic N) is 3. The second-order valence-corrected chi connectivity index (χ2v) is 5.52. The third-order valence-electron chi connectivity index (χ3n) is 3.07. The van der Waals surface area contributed by atoms with E-state index in [1.165, 1.54) is 11.8 Å². The molecule has 0 N–H and O–H groups in total. The van der Waals surface area contributed by atoms with E-state index in [0.717, 1.165) is 27.4 Å². The molecule has 0 aliphatic rings. The van der Waals surface area contributed by atoms with Crippen molar-refractivity contribution in [2.24, 2.45) is 0 Å². The lowest BCUT2D eigenvalue weighted by atomic mass is 10.2. The third-order valence-corrected chi connectivity index (χ3v) is 4.01. The Kier molecular flexibility index (Phi) is 3.87. The zero-order chi connectivity index (χ0) is 14.0. The lowest BCUT2D eigenvalue weighted by Gasteiger charge is -2.08. The topological polar surface area (TPSA) is 49.6 Å². The van der Waals surface area contributed by atoms with Crippen LogP contribution in [0.2, 0.25) is 0 Å². The summed E-state index contributed by atoms with van der Waals surface area (Å²) in [5.41, 5.74) is 4.84. The van der Waals surface area contributed by atoms with Gasteiger partial charge < -0.3 is 0 Å². The fourth-order valence-corrected chi connectivity index (χ4v) is 2.62. The monoisotopic (exact) mass is 269 g/mol. The molecule has 0 unspecified atom stereocenters. The van der Waals surface area contributed by atoms with Gasteiger partial charge in [-0.15, -0.1) is 0 Å². The van der Waals surface area contributed by atoms with Crippen LogP contribution in [0.15, 0.2) is 28.3 Å². The highest BCUT2D eigenvalue weighted by Crippen LogP contribution is 2.29. The van der Waals surface area contributed by atoms with Gasteiger partial charge in [0.2, 0.25) is 0 Å². The van der Waals surface area contributed by atoms with Gasteiger partial charge in [0, 0.05) is 16.3 Å². The lowest BCUT2D eigenvalue weighted by Crippen LogP contribution is -1.98. The maximum absolute atomic E-state index is 9.17. The highest BCUT2D eigenvalue weighted by Gasteiger charge is 2.09. The quantitative estimate of drug-likeness (QED) is 0.779. The largest absolute Gasteiger partial charge is 0.227 e. The highest BCUT2D eigenvalue weighted by molar-refractivity contribution is 7.99. The molecular weight excluding hydrogens is 254 g/mol. The third kappa shape index (κ3) is 2.94. The van der Waals surface area contributed by atoms with Gasteiger partial charge in [-0.05, 0) is 62.7 Å². The van der Waals surface area contributed by atoms with E-state index >= 15 is 0 Å². The first kappa shape index (κ1) is 13.6. The molecule has 2 rings (SSSR count). The highest BCUT2D eigenvalue weighted by atomic mass is 32.2. The number of hydrogen-bond donors (Lipinski definition) is 0. The molecule has 0 atom stereocenters. The van der Waals surface area contributed by atoms with Crippen molar-refractivity contribution in [3.05, 3.63) is 46.3 Å². The van der Waals surface area contributed by atoms with Gasteiger partial charge in [-0.1, -0.05) is 6.07 Å². The molecule has 0 aliphatic carbocycles. The van der Waals surface area contributed by atoms with Crippen molar-refractivity contribution in [2.75, 3.05) is 0 Å². The number of aromatic nitrogens is 2. The molecule has 3 nitrogen and oxygen atoms in total. The van der Waals surface area contributed by atoms with E-state index in [2.05, 4.69) is 16.0 Å². The van der Waals surface area contributed by atoms with E-state index in [1.54, 1.807) is 0 Å². The van der Waals surface area contributed by atoms with E-state index in [4.69, 9.17) is 0 Å². The predicted octanol–water partition coefficient (Wildman–Crippen LogP) is 3.73. The Bertz CT molecular complexity index is 649. The van der Waals surface area contributed by atoms with Crippen molar-refractivity contribution in [3.63, 3.8) is 0 Å². The Morgan fingerprint density at radius 2 is 1.68 bits per heavy atom. The molecule has 0 bridgehead atoms. The molecule has 1 aromatic heterocycles. The van der Waals surface area contributed by atoms with Crippen molar-refractivity contribution < 1.29 is 0 Å². The van der Waals surface area contributed by atoms with E-state index in [-0.39, 0.29) is 0 Å². The Labute approximate surface area is 117 Å². The van der Waals surface area contributed by atoms with Gasteiger partial charge in [0.05, 0.1) is 5.56 Å². The number of hydrogen-bond acceptors (Lipinski definition) is 4. The Balaban J connectivity index is 2.40. The molecule has 0 amide bonds. The molecule has 0 aliphatic heterocycles. The maximum atomic E-state index is 9.17.